The molecule has 0 aliphatic heterocycles. The summed E-state index contributed by atoms with van der Waals surface area (Å²) in [7, 11) is 0. The van der Waals surface area contributed by atoms with E-state index in [0.29, 0.717) is 22.3 Å². The summed E-state index contributed by atoms with van der Waals surface area (Å²) in [4.78, 5) is 16.5. The summed E-state index contributed by atoms with van der Waals surface area (Å²) in [5, 5.41) is 11.6. The van der Waals surface area contributed by atoms with Crippen molar-refractivity contribution >= 4 is 5.91 Å². The van der Waals surface area contributed by atoms with Gasteiger partial charge < -0.3 is 5.32 Å². The highest BCUT2D eigenvalue weighted by atomic mass is 19.4. The van der Waals surface area contributed by atoms with Crippen molar-refractivity contribution in [2.75, 3.05) is 0 Å². The van der Waals surface area contributed by atoms with E-state index in [1.807, 2.05) is 6.07 Å². The molecule has 3 aromatic rings. The van der Waals surface area contributed by atoms with Gasteiger partial charge in [0.2, 0.25) is 0 Å². The van der Waals surface area contributed by atoms with Crippen LogP contribution in [0.3, 0.4) is 0 Å². The van der Waals surface area contributed by atoms with Gasteiger partial charge in [-0.05, 0) is 47.0 Å². The molecule has 1 heterocycles. The van der Waals surface area contributed by atoms with E-state index in [-0.39, 0.29) is 18.1 Å². The first kappa shape index (κ1) is 19.1. The monoisotopic (exact) mass is 381 g/mol. The SMILES string of the molecule is N#Cc1cc(CNC(=O)c2ccccc2-c2ccc(C(F)(F)F)cc2)ccn1. The lowest BCUT2D eigenvalue weighted by Gasteiger charge is -2.12. The average Bonchev–Trinajstić information content (AvgIpc) is 2.71. The third kappa shape index (κ3) is 4.35. The number of benzene rings is 2. The molecule has 0 saturated heterocycles. The maximum atomic E-state index is 12.8. The molecule has 0 aliphatic rings. The summed E-state index contributed by atoms with van der Waals surface area (Å²) in [6.45, 7) is 0.192. The lowest BCUT2D eigenvalue weighted by Crippen LogP contribution is -2.23. The molecular formula is C21H14F3N3O. The highest BCUT2D eigenvalue weighted by molar-refractivity contribution is 6.00. The van der Waals surface area contributed by atoms with Gasteiger partial charge in [0.05, 0.1) is 5.56 Å². The van der Waals surface area contributed by atoms with E-state index in [0.717, 1.165) is 12.1 Å². The molecule has 1 N–H and O–H groups in total. The van der Waals surface area contributed by atoms with Gasteiger partial charge in [0.1, 0.15) is 11.8 Å². The normalized spacial score (nSPS) is 10.9. The fourth-order valence-corrected chi connectivity index (χ4v) is 2.69. The average molecular weight is 381 g/mol. The molecule has 28 heavy (non-hydrogen) atoms. The standard InChI is InChI=1S/C21H14F3N3O/c22-21(23,24)16-7-5-15(6-8-16)18-3-1-2-4-19(18)20(28)27-13-14-9-10-26-17(11-14)12-25/h1-11H,13H2,(H,27,28). The second-order valence-electron chi connectivity index (χ2n) is 5.96. The molecular weight excluding hydrogens is 367 g/mol. The number of nitrogens with one attached hydrogen (secondary N) is 1. The van der Waals surface area contributed by atoms with Crippen molar-refractivity contribution in [2.24, 2.45) is 0 Å². The first-order valence-electron chi connectivity index (χ1n) is 8.28. The number of amides is 1. The van der Waals surface area contributed by atoms with Gasteiger partial charge in [0.15, 0.2) is 0 Å². The van der Waals surface area contributed by atoms with Gasteiger partial charge in [0, 0.05) is 18.3 Å². The number of hydrogen-bond donors (Lipinski definition) is 1. The molecule has 0 fully saturated rings. The predicted octanol–water partition coefficient (Wildman–Crippen LogP) is 4.57. The molecule has 4 nitrogen and oxygen atoms in total. The number of aromatic nitrogens is 1. The summed E-state index contributed by atoms with van der Waals surface area (Å²) in [5.74, 6) is -0.370. The fraction of sp³-hybridized carbons (Fsp3) is 0.0952. The summed E-state index contributed by atoms with van der Waals surface area (Å²) in [6.07, 6.45) is -2.93. The molecule has 2 aromatic carbocycles. The van der Waals surface area contributed by atoms with Gasteiger partial charge in [-0.3, -0.25) is 4.79 Å². The molecule has 1 amide bonds. The molecule has 0 atom stereocenters. The molecule has 0 spiro atoms. The minimum absolute atomic E-state index is 0.192. The van der Waals surface area contributed by atoms with Crippen molar-refractivity contribution in [3.63, 3.8) is 0 Å². The van der Waals surface area contributed by atoms with Gasteiger partial charge in [-0.25, -0.2) is 4.98 Å². The molecule has 0 unspecified atom stereocenters. The van der Waals surface area contributed by atoms with Crippen molar-refractivity contribution in [2.45, 2.75) is 12.7 Å². The zero-order valence-electron chi connectivity index (χ0n) is 14.5. The van der Waals surface area contributed by atoms with E-state index in [1.165, 1.54) is 18.3 Å². The third-order valence-corrected chi connectivity index (χ3v) is 4.09. The quantitative estimate of drug-likeness (QED) is 0.720. The molecule has 0 aliphatic carbocycles. The minimum atomic E-state index is -4.41. The number of halogens is 3. The molecule has 0 bridgehead atoms. The molecule has 0 saturated carbocycles. The van der Waals surface area contributed by atoms with Crippen molar-refractivity contribution in [3.8, 4) is 17.2 Å². The maximum Gasteiger partial charge on any atom is 0.416 e. The molecule has 1 aromatic heterocycles. The summed E-state index contributed by atoms with van der Waals surface area (Å²) < 4.78 is 38.3. The van der Waals surface area contributed by atoms with Crippen LogP contribution in [0.5, 0.6) is 0 Å². The van der Waals surface area contributed by atoms with Gasteiger partial charge in [-0.2, -0.15) is 18.4 Å². The highest BCUT2D eigenvalue weighted by Crippen LogP contribution is 2.31. The number of pyridine rings is 1. The summed E-state index contributed by atoms with van der Waals surface area (Å²) in [6, 6.07) is 16.5. The fourth-order valence-electron chi connectivity index (χ4n) is 2.69. The van der Waals surface area contributed by atoms with E-state index < -0.39 is 11.7 Å². The number of nitrogens with zero attached hydrogens (tertiary/aromatic N) is 2. The lowest BCUT2D eigenvalue weighted by molar-refractivity contribution is -0.137. The number of rotatable bonds is 4. The van der Waals surface area contributed by atoms with Gasteiger partial charge >= 0.3 is 6.18 Å². The molecule has 0 radical (unpaired) electrons. The Labute approximate surface area is 159 Å². The van der Waals surface area contributed by atoms with Gasteiger partial charge in [-0.1, -0.05) is 30.3 Å². The van der Waals surface area contributed by atoms with Crippen LogP contribution >= 0.6 is 0 Å². The zero-order valence-corrected chi connectivity index (χ0v) is 14.5. The molecule has 140 valence electrons. The van der Waals surface area contributed by atoms with E-state index in [4.69, 9.17) is 5.26 Å². The largest absolute Gasteiger partial charge is 0.416 e. The van der Waals surface area contributed by atoms with E-state index >= 15 is 0 Å². The first-order chi connectivity index (χ1) is 13.4. The Morgan fingerprint density at radius 3 is 2.46 bits per heavy atom. The Morgan fingerprint density at radius 2 is 1.79 bits per heavy atom. The predicted molar refractivity (Wildman–Crippen MR) is 97.0 cm³/mol. The van der Waals surface area contributed by atoms with Crippen LogP contribution in [0.25, 0.3) is 11.1 Å². The van der Waals surface area contributed by atoms with Crippen LogP contribution in [0, 0.1) is 11.3 Å². The van der Waals surface area contributed by atoms with Crippen molar-refractivity contribution in [1.29, 1.82) is 5.26 Å². The number of carbonyl (C=O) groups is 1. The first-order valence-corrected chi connectivity index (χ1v) is 8.28. The summed E-state index contributed by atoms with van der Waals surface area (Å²) >= 11 is 0. The number of alkyl halides is 3. The number of nitriles is 1. The van der Waals surface area contributed by atoms with Crippen LogP contribution in [0.1, 0.15) is 27.2 Å². The minimum Gasteiger partial charge on any atom is -0.348 e. The molecule has 7 heteroatoms. The molecule has 3 rings (SSSR count). The van der Waals surface area contributed by atoms with Crippen molar-refractivity contribution in [1.82, 2.24) is 10.3 Å². The Balaban J connectivity index is 1.81. The Kier molecular flexibility index (Phi) is 5.41. The van der Waals surface area contributed by atoms with Gasteiger partial charge in [0.25, 0.3) is 5.91 Å². The van der Waals surface area contributed by atoms with Crippen LogP contribution in [-0.2, 0) is 12.7 Å². The highest BCUT2D eigenvalue weighted by Gasteiger charge is 2.30. The number of hydrogen-bond acceptors (Lipinski definition) is 3. The smallest absolute Gasteiger partial charge is 0.348 e. The Morgan fingerprint density at radius 1 is 1.07 bits per heavy atom. The maximum absolute atomic E-state index is 12.8. The van der Waals surface area contributed by atoms with Crippen molar-refractivity contribution in [3.05, 3.63) is 89.2 Å². The van der Waals surface area contributed by atoms with Crippen LogP contribution in [0.2, 0.25) is 0 Å². The van der Waals surface area contributed by atoms with Crippen LogP contribution in [0.15, 0.2) is 66.9 Å². The second kappa shape index (κ2) is 7.92. The van der Waals surface area contributed by atoms with E-state index in [9.17, 15) is 18.0 Å². The van der Waals surface area contributed by atoms with E-state index in [1.54, 1.807) is 36.4 Å². The Hall–Kier alpha value is -3.66. The lowest BCUT2D eigenvalue weighted by atomic mass is 9.98. The van der Waals surface area contributed by atoms with Crippen LogP contribution in [-0.4, -0.2) is 10.9 Å². The second-order valence-corrected chi connectivity index (χ2v) is 5.96. The van der Waals surface area contributed by atoms with Crippen molar-refractivity contribution < 1.29 is 18.0 Å². The van der Waals surface area contributed by atoms with Crippen LogP contribution < -0.4 is 5.32 Å². The summed E-state index contributed by atoms with van der Waals surface area (Å²) in [5.41, 5.74) is 1.60. The third-order valence-electron chi connectivity index (χ3n) is 4.09. The van der Waals surface area contributed by atoms with E-state index in [2.05, 4.69) is 10.3 Å². The number of carbonyl (C=O) groups excluding carboxylic acids is 1. The van der Waals surface area contributed by atoms with Gasteiger partial charge in [-0.15, -0.1) is 0 Å². The zero-order chi connectivity index (χ0) is 20.1. The van der Waals surface area contributed by atoms with Crippen LogP contribution in [0.4, 0.5) is 13.2 Å². The Bertz CT molecular complexity index is 1040. The topological polar surface area (TPSA) is 65.8 Å².